The van der Waals surface area contributed by atoms with Crippen molar-refractivity contribution in [2.45, 2.75) is 0 Å². The molecule has 0 saturated heterocycles. The fourth-order valence-electron chi connectivity index (χ4n) is 2.57. The summed E-state index contributed by atoms with van der Waals surface area (Å²) < 4.78 is 5.25. The van der Waals surface area contributed by atoms with Crippen molar-refractivity contribution in [2.75, 3.05) is 7.11 Å². The summed E-state index contributed by atoms with van der Waals surface area (Å²) in [7, 11) is 1.66. The van der Waals surface area contributed by atoms with Crippen LogP contribution in [0.4, 0.5) is 0 Å². The Labute approximate surface area is 138 Å². The van der Waals surface area contributed by atoms with Crippen LogP contribution >= 0.6 is 0 Å². The van der Waals surface area contributed by atoms with Crippen LogP contribution in [0, 0.1) is 0 Å². The second-order valence-electron chi connectivity index (χ2n) is 5.31. The molecule has 2 aromatic carbocycles. The smallest absolute Gasteiger partial charge is 0.155 e. The van der Waals surface area contributed by atoms with Crippen LogP contribution in [-0.2, 0) is 0 Å². The molecule has 0 atom stereocenters. The van der Waals surface area contributed by atoms with Crippen molar-refractivity contribution in [1.82, 2.24) is 25.4 Å². The molecule has 0 aliphatic heterocycles. The third-order valence-corrected chi connectivity index (χ3v) is 3.81. The molecule has 0 aliphatic rings. The highest BCUT2D eigenvalue weighted by Gasteiger charge is 2.07. The molecule has 0 saturated carbocycles. The molecule has 0 unspecified atom stereocenters. The highest BCUT2D eigenvalue weighted by molar-refractivity contribution is 5.91. The topological polar surface area (TPSA) is 79.5 Å². The average molecular weight is 317 g/mol. The third-order valence-electron chi connectivity index (χ3n) is 3.81. The Morgan fingerprint density at radius 3 is 2.83 bits per heavy atom. The van der Waals surface area contributed by atoms with Crippen molar-refractivity contribution in [3.8, 4) is 17.1 Å². The van der Waals surface area contributed by atoms with Crippen molar-refractivity contribution in [2.24, 2.45) is 0 Å². The summed E-state index contributed by atoms with van der Waals surface area (Å²) in [4.78, 5) is 4.19. The van der Waals surface area contributed by atoms with Crippen LogP contribution in [0.5, 0.6) is 5.75 Å². The van der Waals surface area contributed by atoms with Gasteiger partial charge in [-0.1, -0.05) is 18.2 Å². The largest absolute Gasteiger partial charge is 0.497 e. The Bertz CT molecular complexity index is 1000. The predicted molar refractivity (Wildman–Crippen MR) is 93.4 cm³/mol. The number of ether oxygens (including phenoxy) is 1. The number of methoxy groups -OCH3 is 1. The van der Waals surface area contributed by atoms with Gasteiger partial charge in [-0.15, -0.1) is 0 Å². The van der Waals surface area contributed by atoms with E-state index in [-0.39, 0.29) is 0 Å². The summed E-state index contributed by atoms with van der Waals surface area (Å²) in [6.07, 6.45) is 5.50. The fourth-order valence-corrected chi connectivity index (χ4v) is 2.57. The van der Waals surface area contributed by atoms with Crippen molar-refractivity contribution in [3.05, 3.63) is 60.0 Å². The van der Waals surface area contributed by atoms with Crippen LogP contribution in [0.15, 0.2) is 48.8 Å². The Kier molecular flexibility index (Phi) is 3.55. The first-order valence-corrected chi connectivity index (χ1v) is 7.49. The van der Waals surface area contributed by atoms with Gasteiger partial charge in [-0.05, 0) is 42.0 Å². The quantitative estimate of drug-likeness (QED) is 0.603. The van der Waals surface area contributed by atoms with E-state index in [9.17, 15) is 0 Å². The molecule has 4 aromatic rings. The maximum Gasteiger partial charge on any atom is 0.155 e. The highest BCUT2D eigenvalue weighted by atomic mass is 16.5. The second-order valence-corrected chi connectivity index (χ2v) is 5.31. The molecule has 0 amide bonds. The van der Waals surface area contributed by atoms with Gasteiger partial charge in [0, 0.05) is 10.9 Å². The zero-order valence-corrected chi connectivity index (χ0v) is 13.0. The maximum absolute atomic E-state index is 5.25. The van der Waals surface area contributed by atoms with E-state index in [2.05, 4.69) is 25.4 Å². The van der Waals surface area contributed by atoms with Crippen molar-refractivity contribution < 1.29 is 4.74 Å². The van der Waals surface area contributed by atoms with Gasteiger partial charge in [-0.25, -0.2) is 4.98 Å². The minimum Gasteiger partial charge on any atom is -0.497 e. The summed E-state index contributed by atoms with van der Waals surface area (Å²) in [6.45, 7) is 0. The van der Waals surface area contributed by atoms with Crippen LogP contribution in [0.1, 0.15) is 11.3 Å². The van der Waals surface area contributed by atoms with E-state index in [1.165, 1.54) is 6.33 Å². The highest BCUT2D eigenvalue weighted by Crippen LogP contribution is 2.24. The summed E-state index contributed by atoms with van der Waals surface area (Å²) in [5, 5.41) is 15.2. The molecular weight excluding hydrogens is 302 g/mol. The number of hydrogen-bond acceptors (Lipinski definition) is 4. The first-order chi connectivity index (χ1) is 11.8. The number of hydrogen-bond donors (Lipinski definition) is 2. The zero-order chi connectivity index (χ0) is 16.4. The summed E-state index contributed by atoms with van der Waals surface area (Å²) in [5.74, 6) is 1.57. The van der Waals surface area contributed by atoms with Crippen LogP contribution in [0.3, 0.4) is 0 Å². The molecule has 0 aliphatic carbocycles. The monoisotopic (exact) mass is 317 g/mol. The van der Waals surface area contributed by atoms with Gasteiger partial charge in [-0.3, -0.25) is 10.2 Å². The molecule has 0 radical (unpaired) electrons. The lowest BCUT2D eigenvalue weighted by Crippen LogP contribution is -1.82. The number of nitrogens with zero attached hydrogens (tertiary/aromatic N) is 3. The minimum absolute atomic E-state index is 0.737. The van der Waals surface area contributed by atoms with E-state index in [1.54, 1.807) is 7.11 Å². The molecule has 0 fully saturated rings. The van der Waals surface area contributed by atoms with E-state index in [0.29, 0.717) is 0 Å². The van der Waals surface area contributed by atoms with Gasteiger partial charge in [0.15, 0.2) is 5.82 Å². The first-order valence-electron chi connectivity index (χ1n) is 7.49. The molecule has 4 rings (SSSR count). The lowest BCUT2D eigenvalue weighted by Gasteiger charge is -2.00. The van der Waals surface area contributed by atoms with Crippen LogP contribution in [0.25, 0.3) is 34.4 Å². The fraction of sp³-hybridized carbons (Fsp3) is 0.0556. The Hall–Kier alpha value is -3.41. The number of nitrogens with one attached hydrogen (secondary N) is 2. The van der Waals surface area contributed by atoms with Gasteiger partial charge in [0.1, 0.15) is 12.1 Å². The molecule has 2 heterocycles. The minimum atomic E-state index is 0.737. The normalized spacial score (nSPS) is 11.4. The number of H-pyrrole nitrogens is 2. The number of rotatable bonds is 4. The average Bonchev–Trinajstić information content (AvgIpc) is 3.29. The molecule has 118 valence electrons. The lowest BCUT2D eigenvalue weighted by atomic mass is 10.1. The van der Waals surface area contributed by atoms with E-state index >= 15 is 0 Å². The Morgan fingerprint density at radius 1 is 1.04 bits per heavy atom. The molecule has 2 N–H and O–H groups in total. The number of fused-ring (bicyclic) bond motifs is 1. The van der Waals surface area contributed by atoms with Crippen LogP contribution in [0.2, 0.25) is 0 Å². The molecule has 0 bridgehead atoms. The summed E-state index contributed by atoms with van der Waals surface area (Å²) in [6, 6.07) is 13.9. The van der Waals surface area contributed by atoms with Gasteiger partial charge >= 0.3 is 0 Å². The number of aromatic nitrogens is 5. The molecule has 0 spiro atoms. The van der Waals surface area contributed by atoms with E-state index < -0.39 is 0 Å². The van der Waals surface area contributed by atoms with E-state index in [1.807, 2.05) is 54.6 Å². The third kappa shape index (κ3) is 2.65. The van der Waals surface area contributed by atoms with Gasteiger partial charge < -0.3 is 4.74 Å². The maximum atomic E-state index is 5.25. The lowest BCUT2D eigenvalue weighted by molar-refractivity contribution is 0.414. The molecular formula is C18H15N5O. The van der Waals surface area contributed by atoms with Crippen molar-refractivity contribution >= 4 is 23.1 Å². The van der Waals surface area contributed by atoms with Gasteiger partial charge in [0.05, 0.1) is 18.3 Å². The summed E-state index contributed by atoms with van der Waals surface area (Å²) in [5.41, 5.74) is 3.87. The van der Waals surface area contributed by atoms with E-state index in [4.69, 9.17) is 4.74 Å². The second kappa shape index (κ2) is 6.00. The summed E-state index contributed by atoms with van der Waals surface area (Å²) >= 11 is 0. The Morgan fingerprint density at radius 2 is 2.00 bits per heavy atom. The van der Waals surface area contributed by atoms with Crippen LogP contribution in [-0.4, -0.2) is 32.5 Å². The molecule has 24 heavy (non-hydrogen) atoms. The standard InChI is InChI=1S/C18H15N5O/c1-24-14-4-2-3-12(9-14)5-7-16-15-10-13(18-19-11-20-23-18)6-8-17(15)22-21-16/h2-11H,1H3,(H,21,22)(H,19,20,23)/b7-5+. The zero-order valence-electron chi connectivity index (χ0n) is 13.0. The van der Waals surface area contributed by atoms with E-state index in [0.717, 1.165) is 39.3 Å². The van der Waals surface area contributed by atoms with Crippen molar-refractivity contribution in [3.63, 3.8) is 0 Å². The van der Waals surface area contributed by atoms with Gasteiger partial charge in [0.25, 0.3) is 0 Å². The van der Waals surface area contributed by atoms with Crippen molar-refractivity contribution in [1.29, 1.82) is 0 Å². The SMILES string of the molecule is COc1cccc(/C=C/c2n[nH]c3ccc(-c4ncn[nH]4)cc23)c1. The molecule has 2 aromatic heterocycles. The number of aromatic amines is 2. The van der Waals surface area contributed by atoms with Crippen LogP contribution < -0.4 is 4.74 Å². The number of benzene rings is 2. The Balaban J connectivity index is 1.71. The first kappa shape index (κ1) is 14.2. The predicted octanol–water partition coefficient (Wildman–Crippen LogP) is 3.53. The molecule has 6 nitrogen and oxygen atoms in total. The van der Waals surface area contributed by atoms with Gasteiger partial charge in [0.2, 0.25) is 0 Å². The molecule has 6 heteroatoms. The van der Waals surface area contributed by atoms with Gasteiger partial charge in [-0.2, -0.15) is 10.2 Å².